The van der Waals surface area contributed by atoms with Gasteiger partial charge in [-0.15, -0.1) is 22.7 Å². The lowest BCUT2D eigenvalue weighted by Gasteiger charge is -2.11. The maximum absolute atomic E-state index is 12.7. The van der Waals surface area contributed by atoms with Crippen molar-refractivity contribution in [2.75, 3.05) is 12.4 Å². The number of carbonyl (C=O) groups excluding carboxylic acids is 2. The first kappa shape index (κ1) is 17.7. The lowest BCUT2D eigenvalue weighted by atomic mass is 9.95. The first-order chi connectivity index (χ1) is 13.2. The van der Waals surface area contributed by atoms with Gasteiger partial charge in [0.1, 0.15) is 10.7 Å². The van der Waals surface area contributed by atoms with Crippen molar-refractivity contribution >= 4 is 39.6 Å². The van der Waals surface area contributed by atoms with Gasteiger partial charge in [0.15, 0.2) is 10.8 Å². The van der Waals surface area contributed by atoms with Crippen molar-refractivity contribution in [2.24, 2.45) is 0 Å². The average molecular weight is 400 g/mol. The summed E-state index contributed by atoms with van der Waals surface area (Å²) in [5, 5.41) is 5.61. The van der Waals surface area contributed by atoms with Gasteiger partial charge in [0.2, 0.25) is 0 Å². The molecule has 1 N–H and O–H groups in total. The number of aromatic nitrogens is 3. The summed E-state index contributed by atoms with van der Waals surface area (Å²) in [5.41, 5.74) is 1.75. The minimum atomic E-state index is -0.415. The Labute approximate surface area is 163 Å². The molecule has 0 radical (unpaired) electrons. The van der Waals surface area contributed by atoms with Gasteiger partial charge in [0.25, 0.3) is 5.91 Å². The topological polar surface area (TPSA) is 94.1 Å². The van der Waals surface area contributed by atoms with Gasteiger partial charge >= 0.3 is 5.97 Å². The van der Waals surface area contributed by atoms with Crippen molar-refractivity contribution in [3.63, 3.8) is 0 Å². The number of thiazole rings is 1. The fraction of sp³-hybridized carbons (Fsp3) is 0.278. The molecule has 4 rings (SSSR count). The van der Waals surface area contributed by atoms with Crippen LogP contribution in [-0.4, -0.2) is 33.9 Å². The van der Waals surface area contributed by atoms with Crippen molar-refractivity contribution in [3.05, 3.63) is 45.5 Å². The largest absolute Gasteiger partial charge is 0.465 e. The number of aryl methyl sites for hydroxylation is 1. The van der Waals surface area contributed by atoms with Crippen molar-refractivity contribution in [1.82, 2.24) is 15.0 Å². The fourth-order valence-corrected chi connectivity index (χ4v) is 5.05. The molecule has 7 nitrogen and oxygen atoms in total. The second-order valence-corrected chi connectivity index (χ2v) is 7.93. The third-order valence-corrected chi connectivity index (χ3v) is 6.33. The number of methoxy groups -OCH3 is 1. The number of carbonyl (C=O) groups is 2. The SMILES string of the molecule is COC(=O)c1c(NC(=O)c2csc(-c3ncccn3)n2)sc2c1CCCC2. The summed E-state index contributed by atoms with van der Waals surface area (Å²) in [4.78, 5) is 38.7. The molecule has 0 unspecified atom stereocenters. The van der Waals surface area contributed by atoms with Gasteiger partial charge in [-0.3, -0.25) is 4.79 Å². The van der Waals surface area contributed by atoms with Crippen LogP contribution in [0.25, 0.3) is 10.8 Å². The van der Waals surface area contributed by atoms with Crippen molar-refractivity contribution in [3.8, 4) is 10.8 Å². The van der Waals surface area contributed by atoms with Gasteiger partial charge < -0.3 is 10.1 Å². The fourth-order valence-electron chi connectivity index (χ4n) is 3.03. The summed E-state index contributed by atoms with van der Waals surface area (Å²) in [7, 11) is 1.35. The van der Waals surface area contributed by atoms with Crippen LogP contribution in [0, 0.1) is 0 Å². The van der Waals surface area contributed by atoms with Crippen LogP contribution in [-0.2, 0) is 17.6 Å². The third-order valence-electron chi connectivity index (χ3n) is 4.28. The summed E-state index contributed by atoms with van der Waals surface area (Å²) >= 11 is 2.75. The molecule has 0 aromatic carbocycles. The highest BCUT2D eigenvalue weighted by molar-refractivity contribution is 7.17. The number of ether oxygens (including phenoxy) is 1. The van der Waals surface area contributed by atoms with Gasteiger partial charge in [-0.2, -0.15) is 0 Å². The minimum Gasteiger partial charge on any atom is -0.465 e. The zero-order chi connectivity index (χ0) is 18.8. The molecule has 1 aliphatic rings. The van der Waals surface area contributed by atoms with E-state index in [9.17, 15) is 9.59 Å². The molecule has 0 atom stereocenters. The Morgan fingerprint density at radius 2 is 1.96 bits per heavy atom. The summed E-state index contributed by atoms with van der Waals surface area (Å²) in [6.45, 7) is 0. The molecule has 138 valence electrons. The summed E-state index contributed by atoms with van der Waals surface area (Å²) in [6.07, 6.45) is 7.14. The number of thiophene rings is 1. The van der Waals surface area contributed by atoms with Crippen LogP contribution < -0.4 is 5.32 Å². The molecule has 0 fully saturated rings. The first-order valence-electron chi connectivity index (χ1n) is 8.44. The summed E-state index contributed by atoms with van der Waals surface area (Å²) < 4.78 is 4.94. The molecule has 0 bridgehead atoms. The Hall–Kier alpha value is -2.65. The quantitative estimate of drug-likeness (QED) is 0.673. The van der Waals surface area contributed by atoms with Crippen LogP contribution in [0.5, 0.6) is 0 Å². The van der Waals surface area contributed by atoms with Crippen LogP contribution in [0.15, 0.2) is 23.8 Å². The van der Waals surface area contributed by atoms with Crippen LogP contribution >= 0.6 is 22.7 Å². The van der Waals surface area contributed by atoms with E-state index in [4.69, 9.17) is 4.74 Å². The molecule has 3 aromatic rings. The standard InChI is InChI=1S/C18H16N4O3S2/c1-25-18(24)13-10-5-2-3-6-12(10)27-16(13)22-15(23)11-9-26-17(21-11)14-19-7-4-8-20-14/h4,7-9H,2-3,5-6H2,1H3,(H,22,23). The molecule has 0 saturated carbocycles. The monoisotopic (exact) mass is 400 g/mol. The van der Waals surface area contributed by atoms with E-state index < -0.39 is 5.97 Å². The molecule has 3 aromatic heterocycles. The van der Waals surface area contributed by atoms with E-state index in [0.29, 0.717) is 21.4 Å². The second kappa shape index (κ2) is 7.53. The maximum atomic E-state index is 12.7. The normalized spacial score (nSPS) is 13.1. The first-order valence-corrected chi connectivity index (χ1v) is 10.1. The molecule has 1 aliphatic carbocycles. The van der Waals surface area contributed by atoms with Crippen molar-refractivity contribution in [2.45, 2.75) is 25.7 Å². The number of rotatable bonds is 4. The van der Waals surface area contributed by atoms with Crippen LogP contribution in [0.2, 0.25) is 0 Å². The molecule has 9 heteroatoms. The molecular formula is C18H16N4O3S2. The Kier molecular flexibility index (Phi) is 4.95. The highest BCUT2D eigenvalue weighted by atomic mass is 32.1. The van der Waals surface area contributed by atoms with Gasteiger partial charge in [0, 0.05) is 22.7 Å². The molecular weight excluding hydrogens is 384 g/mol. The average Bonchev–Trinajstić information content (AvgIpc) is 3.33. The Morgan fingerprint density at radius 1 is 1.19 bits per heavy atom. The Bertz CT molecular complexity index is 997. The van der Waals surface area contributed by atoms with Gasteiger partial charge in [-0.1, -0.05) is 0 Å². The van der Waals surface area contributed by atoms with Crippen LogP contribution in [0.3, 0.4) is 0 Å². The zero-order valence-electron chi connectivity index (χ0n) is 14.5. The highest BCUT2D eigenvalue weighted by Crippen LogP contribution is 2.38. The predicted molar refractivity (Wildman–Crippen MR) is 103 cm³/mol. The predicted octanol–water partition coefficient (Wildman–Crippen LogP) is 3.58. The van der Waals surface area contributed by atoms with E-state index in [2.05, 4.69) is 20.3 Å². The number of nitrogens with one attached hydrogen (secondary N) is 1. The van der Waals surface area contributed by atoms with Crippen LogP contribution in [0.1, 0.15) is 44.1 Å². The van der Waals surface area contributed by atoms with E-state index in [0.717, 1.165) is 36.1 Å². The number of amides is 1. The van der Waals surface area contributed by atoms with E-state index in [1.165, 1.54) is 29.8 Å². The Morgan fingerprint density at radius 3 is 2.74 bits per heavy atom. The minimum absolute atomic E-state index is 0.268. The van der Waals surface area contributed by atoms with Gasteiger partial charge in [0.05, 0.1) is 12.7 Å². The van der Waals surface area contributed by atoms with Crippen molar-refractivity contribution in [1.29, 1.82) is 0 Å². The maximum Gasteiger partial charge on any atom is 0.341 e. The molecule has 27 heavy (non-hydrogen) atoms. The van der Waals surface area contributed by atoms with E-state index >= 15 is 0 Å². The van der Waals surface area contributed by atoms with E-state index in [1.807, 2.05) is 0 Å². The number of nitrogens with zero attached hydrogens (tertiary/aromatic N) is 3. The lowest BCUT2D eigenvalue weighted by Crippen LogP contribution is -2.15. The summed E-state index contributed by atoms with van der Waals surface area (Å²) in [6, 6.07) is 1.72. The molecule has 0 aliphatic heterocycles. The molecule has 1 amide bonds. The molecule has 0 saturated heterocycles. The summed E-state index contributed by atoms with van der Waals surface area (Å²) in [5.74, 6) is -0.304. The van der Waals surface area contributed by atoms with E-state index in [-0.39, 0.29) is 11.6 Å². The number of esters is 1. The zero-order valence-corrected chi connectivity index (χ0v) is 16.2. The lowest BCUT2D eigenvalue weighted by molar-refractivity contribution is 0.0601. The Balaban J connectivity index is 1.61. The smallest absolute Gasteiger partial charge is 0.341 e. The number of hydrogen-bond donors (Lipinski definition) is 1. The number of fused-ring (bicyclic) bond motifs is 1. The second-order valence-electron chi connectivity index (χ2n) is 5.97. The highest BCUT2D eigenvalue weighted by Gasteiger charge is 2.27. The molecule has 0 spiro atoms. The van der Waals surface area contributed by atoms with Gasteiger partial charge in [-0.25, -0.2) is 19.7 Å². The van der Waals surface area contributed by atoms with Crippen LogP contribution in [0.4, 0.5) is 5.00 Å². The van der Waals surface area contributed by atoms with Gasteiger partial charge in [-0.05, 0) is 37.3 Å². The van der Waals surface area contributed by atoms with E-state index in [1.54, 1.807) is 23.8 Å². The molecule has 3 heterocycles. The third kappa shape index (κ3) is 3.47. The number of hydrogen-bond acceptors (Lipinski definition) is 8. The van der Waals surface area contributed by atoms with Crippen molar-refractivity contribution < 1.29 is 14.3 Å². The number of anilines is 1.